The molecule has 1 saturated heterocycles. The van der Waals surface area contributed by atoms with Crippen molar-refractivity contribution in [3.8, 4) is 0 Å². The van der Waals surface area contributed by atoms with Crippen molar-refractivity contribution in [3.63, 3.8) is 0 Å². The van der Waals surface area contributed by atoms with Gasteiger partial charge in [-0.3, -0.25) is 0 Å². The molecule has 1 fully saturated rings. The number of anilines is 2. The monoisotopic (exact) mass is 384 g/mol. The summed E-state index contributed by atoms with van der Waals surface area (Å²) in [4.78, 5) is 5.20. The first kappa shape index (κ1) is 17.9. The lowest BCUT2D eigenvalue weighted by molar-refractivity contribution is 0.312. The van der Waals surface area contributed by atoms with Gasteiger partial charge in [0.05, 0.1) is 16.1 Å². The second kappa shape index (κ2) is 6.90. The summed E-state index contributed by atoms with van der Waals surface area (Å²) in [6.07, 6.45) is 1.94. The maximum absolute atomic E-state index is 13.5. The predicted octanol–water partition coefficient (Wildman–Crippen LogP) is 2.57. The molecule has 3 aromatic rings. The molecule has 1 aromatic carbocycles. The molecule has 2 aromatic heterocycles. The fourth-order valence-electron chi connectivity index (χ4n) is 3.71. The van der Waals surface area contributed by atoms with Crippen LogP contribution in [0.5, 0.6) is 0 Å². The molecular formula is C20H24N4O2S. The number of nitrogens with zero attached hydrogens (tertiary/aromatic N) is 3. The minimum Gasteiger partial charge on any atom is -0.384 e. The van der Waals surface area contributed by atoms with E-state index in [4.69, 9.17) is 0 Å². The number of rotatable bonds is 4. The van der Waals surface area contributed by atoms with Crippen LogP contribution in [0.15, 0.2) is 64.5 Å². The standard InChI is InChI=1S/C20H24N4O2S/c1-21-18-19(27(25,26)16-8-4-3-5-9-16)17-10-6-7-11-24(17)20(18)23-14-12-22(2)13-15-23/h3-11,21H,12-15H2,1-2H3. The van der Waals surface area contributed by atoms with E-state index in [1.165, 1.54) is 0 Å². The molecule has 3 heterocycles. The number of piperazine rings is 1. The second-order valence-electron chi connectivity index (χ2n) is 6.84. The fourth-order valence-corrected chi connectivity index (χ4v) is 5.36. The molecule has 7 heteroatoms. The highest BCUT2D eigenvalue weighted by Crippen LogP contribution is 2.41. The van der Waals surface area contributed by atoms with Crippen LogP contribution in [0, 0.1) is 0 Å². The Hall–Kier alpha value is -2.51. The quantitative estimate of drug-likeness (QED) is 0.749. The van der Waals surface area contributed by atoms with Crippen LogP contribution in [0.2, 0.25) is 0 Å². The fraction of sp³-hybridized carbons (Fsp3) is 0.300. The van der Waals surface area contributed by atoms with E-state index in [1.807, 2.05) is 34.9 Å². The third kappa shape index (κ3) is 2.96. The largest absolute Gasteiger partial charge is 0.384 e. The summed E-state index contributed by atoms with van der Waals surface area (Å²) in [5.74, 6) is 0.913. The first-order valence-corrected chi connectivity index (χ1v) is 10.6. The van der Waals surface area contributed by atoms with Gasteiger partial charge in [0.2, 0.25) is 9.84 Å². The van der Waals surface area contributed by atoms with Gasteiger partial charge in [0, 0.05) is 39.4 Å². The number of nitrogens with one attached hydrogen (secondary N) is 1. The highest BCUT2D eigenvalue weighted by atomic mass is 32.2. The molecule has 0 saturated carbocycles. The molecule has 6 nitrogen and oxygen atoms in total. The third-order valence-electron chi connectivity index (χ3n) is 5.15. The molecule has 0 unspecified atom stereocenters. The molecule has 0 amide bonds. The Labute approximate surface area is 159 Å². The van der Waals surface area contributed by atoms with Crippen LogP contribution in [0.1, 0.15) is 0 Å². The predicted molar refractivity (Wildman–Crippen MR) is 109 cm³/mol. The zero-order valence-corrected chi connectivity index (χ0v) is 16.4. The van der Waals surface area contributed by atoms with E-state index >= 15 is 0 Å². The zero-order chi connectivity index (χ0) is 19.0. The average Bonchev–Trinajstić information content (AvgIpc) is 3.04. The Morgan fingerprint density at radius 1 is 0.926 bits per heavy atom. The van der Waals surface area contributed by atoms with E-state index in [-0.39, 0.29) is 0 Å². The summed E-state index contributed by atoms with van der Waals surface area (Å²) in [5.41, 5.74) is 1.36. The lowest BCUT2D eigenvalue weighted by Crippen LogP contribution is -2.45. The van der Waals surface area contributed by atoms with Crippen molar-refractivity contribution in [1.82, 2.24) is 9.30 Å². The van der Waals surface area contributed by atoms with Crippen molar-refractivity contribution in [3.05, 3.63) is 54.7 Å². The van der Waals surface area contributed by atoms with E-state index < -0.39 is 9.84 Å². The third-order valence-corrected chi connectivity index (χ3v) is 6.99. The lowest BCUT2D eigenvalue weighted by Gasteiger charge is -2.34. The molecule has 142 valence electrons. The molecule has 1 aliphatic heterocycles. The summed E-state index contributed by atoms with van der Waals surface area (Å²) in [6, 6.07) is 14.3. The number of pyridine rings is 1. The number of benzene rings is 1. The van der Waals surface area contributed by atoms with Crippen LogP contribution in [0.25, 0.3) is 5.52 Å². The molecule has 0 aliphatic carbocycles. The topological polar surface area (TPSA) is 57.1 Å². The number of hydrogen-bond donors (Lipinski definition) is 1. The summed E-state index contributed by atoms with van der Waals surface area (Å²) < 4.78 is 29.0. The Morgan fingerprint density at radius 3 is 2.26 bits per heavy atom. The van der Waals surface area contributed by atoms with Gasteiger partial charge in [0.25, 0.3) is 0 Å². The normalized spacial score (nSPS) is 16.0. The van der Waals surface area contributed by atoms with Crippen molar-refractivity contribution < 1.29 is 8.42 Å². The van der Waals surface area contributed by atoms with E-state index in [0.29, 0.717) is 21.0 Å². The van der Waals surface area contributed by atoms with Crippen LogP contribution in [-0.4, -0.2) is 58.0 Å². The zero-order valence-electron chi connectivity index (χ0n) is 15.6. The van der Waals surface area contributed by atoms with Gasteiger partial charge in [-0.15, -0.1) is 0 Å². The number of hydrogen-bond acceptors (Lipinski definition) is 5. The van der Waals surface area contributed by atoms with Crippen LogP contribution in [0.4, 0.5) is 11.5 Å². The average molecular weight is 385 g/mol. The van der Waals surface area contributed by atoms with Crippen molar-refractivity contribution in [2.75, 3.05) is 50.5 Å². The van der Waals surface area contributed by atoms with E-state index in [1.54, 1.807) is 31.3 Å². The maximum atomic E-state index is 13.5. The van der Waals surface area contributed by atoms with Gasteiger partial charge < -0.3 is 19.5 Å². The summed E-state index contributed by atoms with van der Waals surface area (Å²) in [6.45, 7) is 3.61. The SMILES string of the molecule is CNc1c(S(=O)(=O)c2ccccc2)c2ccccn2c1N1CCN(C)CC1. The maximum Gasteiger partial charge on any atom is 0.210 e. The van der Waals surface area contributed by atoms with Crippen LogP contribution < -0.4 is 10.2 Å². The first-order valence-electron chi connectivity index (χ1n) is 9.08. The molecular weight excluding hydrogens is 360 g/mol. The number of sulfone groups is 1. The minimum atomic E-state index is -3.66. The van der Waals surface area contributed by atoms with Crippen molar-refractivity contribution >= 4 is 26.9 Å². The van der Waals surface area contributed by atoms with Crippen LogP contribution in [-0.2, 0) is 9.84 Å². The highest BCUT2D eigenvalue weighted by molar-refractivity contribution is 7.92. The number of fused-ring (bicyclic) bond motifs is 1. The molecule has 0 bridgehead atoms. The molecule has 0 atom stereocenters. The molecule has 1 aliphatic rings. The van der Waals surface area contributed by atoms with E-state index in [0.717, 1.165) is 32.0 Å². The van der Waals surface area contributed by atoms with Crippen LogP contribution in [0.3, 0.4) is 0 Å². The van der Waals surface area contributed by atoms with Gasteiger partial charge in [-0.1, -0.05) is 24.3 Å². The summed E-state index contributed by atoms with van der Waals surface area (Å²) in [7, 11) is 0.242. The van der Waals surface area contributed by atoms with Gasteiger partial charge in [-0.05, 0) is 31.3 Å². The Balaban J connectivity index is 1.97. The minimum absolute atomic E-state index is 0.308. The molecule has 27 heavy (non-hydrogen) atoms. The van der Waals surface area contributed by atoms with E-state index in [9.17, 15) is 8.42 Å². The summed E-state index contributed by atoms with van der Waals surface area (Å²) >= 11 is 0. The summed E-state index contributed by atoms with van der Waals surface area (Å²) in [5, 5.41) is 3.18. The van der Waals surface area contributed by atoms with Crippen molar-refractivity contribution in [1.29, 1.82) is 0 Å². The first-order chi connectivity index (χ1) is 13.0. The lowest BCUT2D eigenvalue weighted by atomic mass is 10.3. The Morgan fingerprint density at radius 2 is 1.59 bits per heavy atom. The highest BCUT2D eigenvalue weighted by Gasteiger charge is 2.31. The van der Waals surface area contributed by atoms with Gasteiger partial charge in [0.15, 0.2) is 0 Å². The Kier molecular flexibility index (Phi) is 4.57. The van der Waals surface area contributed by atoms with Crippen LogP contribution >= 0.6 is 0 Å². The molecule has 4 rings (SSSR count). The smallest absolute Gasteiger partial charge is 0.210 e. The van der Waals surface area contributed by atoms with Crippen molar-refractivity contribution in [2.45, 2.75) is 9.79 Å². The van der Waals surface area contributed by atoms with Gasteiger partial charge in [-0.2, -0.15) is 0 Å². The van der Waals surface area contributed by atoms with Gasteiger partial charge >= 0.3 is 0 Å². The number of aromatic nitrogens is 1. The van der Waals surface area contributed by atoms with Crippen molar-refractivity contribution in [2.24, 2.45) is 0 Å². The molecule has 1 N–H and O–H groups in total. The van der Waals surface area contributed by atoms with Gasteiger partial charge in [0.1, 0.15) is 10.7 Å². The van der Waals surface area contributed by atoms with E-state index in [2.05, 4.69) is 22.2 Å². The second-order valence-corrected chi connectivity index (χ2v) is 8.73. The molecule has 0 spiro atoms. The molecule has 0 radical (unpaired) electrons. The van der Waals surface area contributed by atoms with Gasteiger partial charge in [-0.25, -0.2) is 8.42 Å². The Bertz CT molecular complexity index is 1050. The number of likely N-dealkylation sites (N-methyl/N-ethyl adjacent to an activating group) is 1.